The standard InChI is InChI=1S/C14H24/c1-4-7-13(8-5-2)11-14-9-12(6-3)10-14/h4-5,7-8,12-14H,6,9-11H2,1-3H3/b7-4-,8-5?. The Bertz CT molecular complexity index is 182. The maximum atomic E-state index is 2.33. The second kappa shape index (κ2) is 6.06. The van der Waals surface area contributed by atoms with E-state index in [1.807, 2.05) is 0 Å². The lowest BCUT2D eigenvalue weighted by Gasteiger charge is -2.36. The molecule has 0 amide bonds. The lowest BCUT2D eigenvalue weighted by Crippen LogP contribution is -2.24. The lowest BCUT2D eigenvalue weighted by molar-refractivity contribution is 0.169. The second-order valence-corrected chi connectivity index (χ2v) is 4.56. The molecule has 0 bridgehead atoms. The number of rotatable bonds is 5. The summed E-state index contributed by atoms with van der Waals surface area (Å²) in [5, 5.41) is 0. The predicted octanol–water partition coefficient (Wildman–Crippen LogP) is 4.58. The molecule has 14 heavy (non-hydrogen) atoms. The summed E-state index contributed by atoms with van der Waals surface area (Å²) in [7, 11) is 0. The van der Waals surface area contributed by atoms with Gasteiger partial charge in [-0.05, 0) is 50.9 Å². The molecule has 0 heterocycles. The van der Waals surface area contributed by atoms with Crippen molar-refractivity contribution in [3.05, 3.63) is 24.3 Å². The predicted molar refractivity (Wildman–Crippen MR) is 64.2 cm³/mol. The summed E-state index contributed by atoms with van der Waals surface area (Å²) in [6.07, 6.45) is 14.7. The first-order valence-electron chi connectivity index (χ1n) is 6.05. The first-order chi connectivity index (χ1) is 6.80. The van der Waals surface area contributed by atoms with Gasteiger partial charge in [0.15, 0.2) is 0 Å². The van der Waals surface area contributed by atoms with Crippen LogP contribution in [0.4, 0.5) is 0 Å². The van der Waals surface area contributed by atoms with E-state index in [1.54, 1.807) is 0 Å². The normalized spacial score (nSPS) is 29.6. The van der Waals surface area contributed by atoms with Crippen LogP contribution in [0.3, 0.4) is 0 Å². The van der Waals surface area contributed by atoms with Gasteiger partial charge >= 0.3 is 0 Å². The van der Waals surface area contributed by atoms with Crippen LogP contribution in [0.1, 0.15) is 46.5 Å². The Labute approximate surface area is 89.1 Å². The van der Waals surface area contributed by atoms with Gasteiger partial charge in [-0.1, -0.05) is 37.6 Å². The lowest BCUT2D eigenvalue weighted by atomic mass is 9.70. The summed E-state index contributed by atoms with van der Waals surface area (Å²) in [5.41, 5.74) is 0. The van der Waals surface area contributed by atoms with E-state index in [4.69, 9.17) is 0 Å². The Kier molecular flexibility index (Phi) is 5.00. The molecule has 1 saturated carbocycles. The van der Waals surface area contributed by atoms with Crippen LogP contribution in [0.15, 0.2) is 24.3 Å². The van der Waals surface area contributed by atoms with Crippen molar-refractivity contribution in [2.24, 2.45) is 17.8 Å². The van der Waals surface area contributed by atoms with Crippen LogP contribution in [0.5, 0.6) is 0 Å². The fourth-order valence-corrected chi connectivity index (χ4v) is 2.50. The molecule has 0 N–H and O–H groups in total. The van der Waals surface area contributed by atoms with Crippen molar-refractivity contribution >= 4 is 0 Å². The van der Waals surface area contributed by atoms with Gasteiger partial charge in [0.1, 0.15) is 0 Å². The Morgan fingerprint density at radius 3 is 2.07 bits per heavy atom. The Morgan fingerprint density at radius 1 is 1.07 bits per heavy atom. The van der Waals surface area contributed by atoms with Crippen LogP contribution in [-0.4, -0.2) is 0 Å². The van der Waals surface area contributed by atoms with E-state index in [2.05, 4.69) is 45.1 Å². The zero-order chi connectivity index (χ0) is 10.4. The van der Waals surface area contributed by atoms with Gasteiger partial charge in [-0.3, -0.25) is 0 Å². The SMILES string of the molecule is CC=CC(/C=C\C)CC1CC(CC)C1. The molecule has 0 aliphatic heterocycles. The minimum atomic E-state index is 0.688. The highest BCUT2D eigenvalue weighted by molar-refractivity contribution is 5.00. The van der Waals surface area contributed by atoms with Crippen molar-refractivity contribution in [3.8, 4) is 0 Å². The molecule has 0 spiro atoms. The molecule has 0 nitrogen and oxygen atoms in total. The van der Waals surface area contributed by atoms with E-state index in [0.717, 1.165) is 11.8 Å². The van der Waals surface area contributed by atoms with E-state index in [9.17, 15) is 0 Å². The topological polar surface area (TPSA) is 0 Å². The highest BCUT2D eigenvalue weighted by Gasteiger charge is 2.28. The third kappa shape index (κ3) is 3.32. The van der Waals surface area contributed by atoms with Crippen molar-refractivity contribution in [1.29, 1.82) is 0 Å². The summed E-state index contributed by atoms with van der Waals surface area (Å²) in [5.74, 6) is 2.72. The van der Waals surface area contributed by atoms with Gasteiger partial charge in [-0.25, -0.2) is 0 Å². The van der Waals surface area contributed by atoms with E-state index < -0.39 is 0 Å². The van der Waals surface area contributed by atoms with Crippen LogP contribution < -0.4 is 0 Å². The summed E-state index contributed by atoms with van der Waals surface area (Å²) >= 11 is 0. The van der Waals surface area contributed by atoms with Gasteiger partial charge in [0, 0.05) is 0 Å². The van der Waals surface area contributed by atoms with E-state index in [0.29, 0.717) is 5.92 Å². The van der Waals surface area contributed by atoms with Crippen LogP contribution in [0.25, 0.3) is 0 Å². The number of allylic oxidation sites excluding steroid dienone is 4. The highest BCUT2D eigenvalue weighted by Crippen LogP contribution is 2.40. The molecule has 1 fully saturated rings. The van der Waals surface area contributed by atoms with Gasteiger partial charge in [0.2, 0.25) is 0 Å². The molecule has 1 rings (SSSR count). The van der Waals surface area contributed by atoms with Gasteiger partial charge in [0.25, 0.3) is 0 Å². The van der Waals surface area contributed by atoms with Crippen molar-refractivity contribution in [2.75, 3.05) is 0 Å². The maximum Gasteiger partial charge on any atom is -0.00511 e. The molecule has 1 aliphatic carbocycles. The number of hydrogen-bond donors (Lipinski definition) is 0. The molecular formula is C14H24. The third-order valence-electron chi connectivity index (χ3n) is 3.40. The van der Waals surface area contributed by atoms with Crippen LogP contribution in [-0.2, 0) is 0 Å². The van der Waals surface area contributed by atoms with Crippen LogP contribution in [0.2, 0.25) is 0 Å². The fourth-order valence-electron chi connectivity index (χ4n) is 2.50. The van der Waals surface area contributed by atoms with Crippen LogP contribution in [0, 0.1) is 17.8 Å². The quantitative estimate of drug-likeness (QED) is 0.559. The maximum absolute atomic E-state index is 2.33. The smallest absolute Gasteiger partial charge is 0.00511 e. The molecular weight excluding hydrogens is 168 g/mol. The highest BCUT2D eigenvalue weighted by atomic mass is 14.3. The summed E-state index contributed by atoms with van der Waals surface area (Å²) in [6.45, 7) is 6.55. The zero-order valence-corrected chi connectivity index (χ0v) is 9.87. The van der Waals surface area contributed by atoms with Gasteiger partial charge < -0.3 is 0 Å². The molecule has 0 heteroatoms. The van der Waals surface area contributed by atoms with Crippen molar-refractivity contribution in [1.82, 2.24) is 0 Å². The largest absolute Gasteiger partial charge is 0.0911 e. The second-order valence-electron chi connectivity index (χ2n) is 4.56. The van der Waals surface area contributed by atoms with Crippen molar-refractivity contribution in [2.45, 2.75) is 46.5 Å². The van der Waals surface area contributed by atoms with Gasteiger partial charge in [0.05, 0.1) is 0 Å². The molecule has 0 aromatic heterocycles. The molecule has 0 aromatic rings. The molecule has 80 valence electrons. The number of hydrogen-bond acceptors (Lipinski definition) is 0. The first-order valence-corrected chi connectivity index (χ1v) is 6.05. The molecule has 1 atom stereocenters. The summed E-state index contributed by atoms with van der Waals surface area (Å²) < 4.78 is 0. The summed E-state index contributed by atoms with van der Waals surface area (Å²) in [4.78, 5) is 0. The zero-order valence-electron chi connectivity index (χ0n) is 9.87. The first kappa shape index (κ1) is 11.6. The van der Waals surface area contributed by atoms with Gasteiger partial charge in [-0.15, -0.1) is 0 Å². The summed E-state index contributed by atoms with van der Waals surface area (Å²) in [6, 6.07) is 0. The van der Waals surface area contributed by atoms with Crippen molar-refractivity contribution in [3.63, 3.8) is 0 Å². The van der Waals surface area contributed by atoms with E-state index >= 15 is 0 Å². The molecule has 1 unspecified atom stereocenters. The van der Waals surface area contributed by atoms with E-state index in [-0.39, 0.29) is 0 Å². The average molecular weight is 192 g/mol. The third-order valence-corrected chi connectivity index (χ3v) is 3.40. The Hall–Kier alpha value is -0.520. The average Bonchev–Trinajstić information content (AvgIpc) is 2.11. The molecule has 0 radical (unpaired) electrons. The molecule has 0 saturated heterocycles. The minimum Gasteiger partial charge on any atom is -0.0911 e. The molecule has 0 aromatic carbocycles. The monoisotopic (exact) mass is 192 g/mol. The van der Waals surface area contributed by atoms with Crippen LogP contribution >= 0.6 is 0 Å². The molecule has 1 aliphatic rings. The van der Waals surface area contributed by atoms with Gasteiger partial charge in [-0.2, -0.15) is 0 Å². The van der Waals surface area contributed by atoms with E-state index in [1.165, 1.54) is 25.7 Å². The fraction of sp³-hybridized carbons (Fsp3) is 0.714. The Morgan fingerprint density at radius 2 is 1.64 bits per heavy atom. The minimum absolute atomic E-state index is 0.688. The van der Waals surface area contributed by atoms with Crippen molar-refractivity contribution < 1.29 is 0 Å². The Balaban J connectivity index is 2.27.